The maximum atomic E-state index is 3.44. The molecule has 0 aliphatic carbocycles. The highest BCUT2D eigenvalue weighted by molar-refractivity contribution is 5.56. The lowest BCUT2D eigenvalue weighted by Gasteiger charge is -2.25. The SMILES string of the molecule is CCN(Cc1ccc2c(c1)NCC2)C(C)C. The number of benzene rings is 1. The molecule has 0 aromatic heterocycles. The van der Waals surface area contributed by atoms with Crippen molar-refractivity contribution in [2.24, 2.45) is 0 Å². The van der Waals surface area contributed by atoms with Gasteiger partial charge < -0.3 is 5.32 Å². The Morgan fingerprint density at radius 1 is 1.38 bits per heavy atom. The Hall–Kier alpha value is -1.02. The molecule has 1 N–H and O–H groups in total. The molecule has 2 nitrogen and oxygen atoms in total. The Labute approximate surface area is 98.7 Å². The molecular formula is C14H22N2. The van der Waals surface area contributed by atoms with Gasteiger partial charge in [-0.3, -0.25) is 4.90 Å². The lowest BCUT2D eigenvalue weighted by atomic mass is 10.1. The van der Waals surface area contributed by atoms with Crippen molar-refractivity contribution in [2.75, 3.05) is 18.4 Å². The number of fused-ring (bicyclic) bond motifs is 1. The van der Waals surface area contributed by atoms with Crippen LogP contribution in [-0.4, -0.2) is 24.0 Å². The standard InChI is InChI=1S/C14H22N2/c1-4-16(11(2)3)10-12-5-6-13-7-8-15-14(13)9-12/h5-6,9,11,15H,4,7-8,10H2,1-3H3. The van der Waals surface area contributed by atoms with Crippen LogP contribution in [0.3, 0.4) is 0 Å². The molecule has 1 aromatic rings. The Bertz CT molecular complexity index is 358. The summed E-state index contributed by atoms with van der Waals surface area (Å²) < 4.78 is 0. The van der Waals surface area contributed by atoms with E-state index in [1.54, 1.807) is 0 Å². The van der Waals surface area contributed by atoms with E-state index in [1.165, 1.54) is 23.2 Å². The van der Waals surface area contributed by atoms with Crippen LogP contribution in [0.2, 0.25) is 0 Å². The molecule has 0 saturated heterocycles. The van der Waals surface area contributed by atoms with E-state index in [1.807, 2.05) is 0 Å². The number of nitrogens with one attached hydrogen (secondary N) is 1. The van der Waals surface area contributed by atoms with E-state index in [-0.39, 0.29) is 0 Å². The Kier molecular flexibility index (Phi) is 3.49. The number of hydrogen-bond donors (Lipinski definition) is 1. The monoisotopic (exact) mass is 218 g/mol. The molecule has 1 aromatic carbocycles. The second kappa shape index (κ2) is 4.88. The highest BCUT2D eigenvalue weighted by atomic mass is 15.1. The molecule has 1 heterocycles. The van der Waals surface area contributed by atoms with Gasteiger partial charge in [-0.1, -0.05) is 19.1 Å². The summed E-state index contributed by atoms with van der Waals surface area (Å²) in [5.74, 6) is 0. The van der Waals surface area contributed by atoms with Gasteiger partial charge in [-0.2, -0.15) is 0 Å². The first-order chi connectivity index (χ1) is 7.70. The van der Waals surface area contributed by atoms with Crippen LogP contribution in [-0.2, 0) is 13.0 Å². The summed E-state index contributed by atoms with van der Waals surface area (Å²) in [6.07, 6.45) is 1.18. The quantitative estimate of drug-likeness (QED) is 0.836. The van der Waals surface area contributed by atoms with Crippen LogP contribution in [0.5, 0.6) is 0 Å². The van der Waals surface area contributed by atoms with Gasteiger partial charge in [0.05, 0.1) is 0 Å². The van der Waals surface area contributed by atoms with Gasteiger partial charge in [-0.15, -0.1) is 0 Å². The van der Waals surface area contributed by atoms with Gasteiger partial charge in [-0.05, 0) is 44.0 Å². The lowest BCUT2D eigenvalue weighted by molar-refractivity contribution is 0.225. The fourth-order valence-electron chi connectivity index (χ4n) is 2.33. The first kappa shape index (κ1) is 11.5. The topological polar surface area (TPSA) is 15.3 Å². The average Bonchev–Trinajstić information content (AvgIpc) is 2.72. The van der Waals surface area contributed by atoms with Crippen molar-refractivity contribution in [2.45, 2.75) is 39.8 Å². The van der Waals surface area contributed by atoms with Gasteiger partial charge in [-0.25, -0.2) is 0 Å². The van der Waals surface area contributed by atoms with Crippen LogP contribution in [0.25, 0.3) is 0 Å². The van der Waals surface area contributed by atoms with E-state index in [9.17, 15) is 0 Å². The van der Waals surface area contributed by atoms with E-state index >= 15 is 0 Å². The molecule has 0 spiro atoms. The van der Waals surface area contributed by atoms with Crippen LogP contribution in [0, 0.1) is 0 Å². The third-order valence-electron chi connectivity index (χ3n) is 3.41. The second-order valence-corrected chi connectivity index (χ2v) is 4.83. The van der Waals surface area contributed by atoms with Gasteiger partial charge >= 0.3 is 0 Å². The largest absolute Gasteiger partial charge is 0.384 e. The summed E-state index contributed by atoms with van der Waals surface area (Å²) in [5.41, 5.74) is 4.23. The minimum atomic E-state index is 0.617. The molecule has 2 heteroatoms. The zero-order valence-corrected chi connectivity index (χ0v) is 10.6. The lowest BCUT2D eigenvalue weighted by Crippen LogP contribution is -2.29. The van der Waals surface area contributed by atoms with Crippen molar-refractivity contribution >= 4 is 5.69 Å². The summed E-state index contributed by atoms with van der Waals surface area (Å²) in [4.78, 5) is 2.48. The van der Waals surface area contributed by atoms with Crippen molar-refractivity contribution in [3.63, 3.8) is 0 Å². The summed E-state index contributed by atoms with van der Waals surface area (Å²) in [6.45, 7) is 10.0. The summed E-state index contributed by atoms with van der Waals surface area (Å²) in [6, 6.07) is 7.48. The maximum absolute atomic E-state index is 3.44. The highest BCUT2D eigenvalue weighted by Crippen LogP contribution is 2.24. The zero-order valence-electron chi connectivity index (χ0n) is 10.6. The minimum Gasteiger partial charge on any atom is -0.384 e. The van der Waals surface area contributed by atoms with Crippen molar-refractivity contribution in [1.29, 1.82) is 0 Å². The van der Waals surface area contributed by atoms with Gasteiger partial charge in [0.15, 0.2) is 0 Å². The molecule has 0 bridgehead atoms. The third kappa shape index (κ3) is 2.38. The molecule has 0 saturated carbocycles. The smallest absolute Gasteiger partial charge is 0.0376 e. The van der Waals surface area contributed by atoms with Crippen molar-refractivity contribution in [1.82, 2.24) is 4.90 Å². The first-order valence-corrected chi connectivity index (χ1v) is 6.30. The van der Waals surface area contributed by atoms with Crippen LogP contribution in [0.1, 0.15) is 31.9 Å². The van der Waals surface area contributed by atoms with E-state index in [0.717, 1.165) is 19.6 Å². The van der Waals surface area contributed by atoms with Gasteiger partial charge in [0.2, 0.25) is 0 Å². The van der Waals surface area contributed by atoms with Crippen LogP contribution in [0.15, 0.2) is 18.2 Å². The van der Waals surface area contributed by atoms with Gasteiger partial charge in [0.25, 0.3) is 0 Å². The molecule has 0 amide bonds. The predicted octanol–water partition coefficient (Wildman–Crippen LogP) is 2.88. The highest BCUT2D eigenvalue weighted by Gasteiger charge is 2.12. The number of hydrogen-bond acceptors (Lipinski definition) is 2. The van der Waals surface area contributed by atoms with Crippen LogP contribution >= 0.6 is 0 Å². The van der Waals surface area contributed by atoms with Crippen LogP contribution in [0.4, 0.5) is 5.69 Å². The molecule has 0 atom stereocenters. The molecule has 16 heavy (non-hydrogen) atoms. The average molecular weight is 218 g/mol. The Morgan fingerprint density at radius 2 is 2.19 bits per heavy atom. The van der Waals surface area contributed by atoms with E-state index in [4.69, 9.17) is 0 Å². The van der Waals surface area contributed by atoms with Gasteiger partial charge in [0.1, 0.15) is 0 Å². The van der Waals surface area contributed by atoms with Gasteiger partial charge in [0, 0.05) is 24.8 Å². The molecule has 2 rings (SSSR count). The Balaban J connectivity index is 2.10. The fourth-order valence-corrected chi connectivity index (χ4v) is 2.33. The van der Waals surface area contributed by atoms with Crippen molar-refractivity contribution < 1.29 is 0 Å². The zero-order chi connectivity index (χ0) is 11.5. The molecule has 88 valence electrons. The van der Waals surface area contributed by atoms with E-state index in [2.05, 4.69) is 49.2 Å². The molecule has 1 aliphatic heterocycles. The summed E-state index contributed by atoms with van der Waals surface area (Å²) in [7, 11) is 0. The molecule has 1 aliphatic rings. The molecule has 0 unspecified atom stereocenters. The summed E-state index contributed by atoms with van der Waals surface area (Å²) in [5, 5.41) is 3.44. The predicted molar refractivity (Wildman–Crippen MR) is 69.9 cm³/mol. The fraction of sp³-hybridized carbons (Fsp3) is 0.571. The van der Waals surface area contributed by atoms with E-state index in [0.29, 0.717) is 6.04 Å². The molecular weight excluding hydrogens is 196 g/mol. The Morgan fingerprint density at radius 3 is 2.88 bits per heavy atom. The maximum Gasteiger partial charge on any atom is 0.0376 e. The number of nitrogens with zero attached hydrogens (tertiary/aromatic N) is 1. The van der Waals surface area contributed by atoms with E-state index < -0.39 is 0 Å². The van der Waals surface area contributed by atoms with Crippen LogP contribution < -0.4 is 5.32 Å². The molecule has 0 fully saturated rings. The summed E-state index contributed by atoms with van der Waals surface area (Å²) >= 11 is 0. The minimum absolute atomic E-state index is 0.617. The second-order valence-electron chi connectivity index (χ2n) is 4.83. The van der Waals surface area contributed by atoms with Crippen molar-refractivity contribution in [3.8, 4) is 0 Å². The normalized spacial score (nSPS) is 14.3. The third-order valence-corrected chi connectivity index (χ3v) is 3.41. The number of rotatable bonds is 4. The van der Waals surface area contributed by atoms with Crippen molar-refractivity contribution in [3.05, 3.63) is 29.3 Å². The number of anilines is 1. The molecule has 0 radical (unpaired) electrons. The first-order valence-electron chi connectivity index (χ1n) is 6.30.